The van der Waals surface area contributed by atoms with E-state index in [0.29, 0.717) is 5.56 Å². The van der Waals surface area contributed by atoms with Gasteiger partial charge >= 0.3 is 0 Å². The van der Waals surface area contributed by atoms with Crippen LogP contribution in [0.3, 0.4) is 0 Å². The van der Waals surface area contributed by atoms with Crippen LogP contribution in [0.5, 0.6) is 0 Å². The molecular formula is C11H16N2O5. The van der Waals surface area contributed by atoms with Gasteiger partial charge in [0.2, 0.25) is 0 Å². The molecular weight excluding hydrogens is 240 g/mol. The maximum Gasteiger partial charge on any atom is 0.269 e. The van der Waals surface area contributed by atoms with Gasteiger partial charge in [-0.1, -0.05) is 0 Å². The Labute approximate surface area is 104 Å². The van der Waals surface area contributed by atoms with Crippen molar-refractivity contribution in [2.45, 2.75) is 12.2 Å². The number of rotatable bonds is 7. The van der Waals surface area contributed by atoms with Crippen LogP contribution in [-0.4, -0.2) is 46.0 Å². The van der Waals surface area contributed by atoms with Crippen molar-refractivity contribution in [3.8, 4) is 0 Å². The highest BCUT2D eigenvalue weighted by Gasteiger charge is 2.10. The fourth-order valence-corrected chi connectivity index (χ4v) is 1.39. The molecule has 7 heteroatoms. The molecule has 0 radical (unpaired) electrons. The van der Waals surface area contributed by atoms with Crippen LogP contribution in [0.4, 0.5) is 5.69 Å². The number of non-ortho nitro benzene ring substituents is 1. The Kier molecular flexibility index (Phi) is 5.66. The van der Waals surface area contributed by atoms with Gasteiger partial charge in [0.25, 0.3) is 5.69 Å². The van der Waals surface area contributed by atoms with E-state index >= 15 is 0 Å². The van der Waals surface area contributed by atoms with Crippen molar-refractivity contribution in [3.05, 3.63) is 39.9 Å². The summed E-state index contributed by atoms with van der Waals surface area (Å²) in [5.41, 5.74) is 0.515. The smallest absolute Gasteiger partial charge is 0.269 e. The highest BCUT2D eigenvalue weighted by molar-refractivity contribution is 5.33. The normalized spacial score (nSPS) is 14.2. The number of benzene rings is 1. The van der Waals surface area contributed by atoms with Crippen LogP contribution in [0.25, 0.3) is 0 Å². The number of hydrogen-bond acceptors (Lipinski definition) is 6. The van der Waals surface area contributed by atoms with Crippen molar-refractivity contribution in [2.24, 2.45) is 0 Å². The molecule has 0 aliphatic rings. The van der Waals surface area contributed by atoms with Crippen LogP contribution >= 0.6 is 0 Å². The van der Waals surface area contributed by atoms with E-state index in [2.05, 4.69) is 5.32 Å². The first-order valence-corrected chi connectivity index (χ1v) is 5.46. The van der Waals surface area contributed by atoms with Gasteiger partial charge in [-0.15, -0.1) is 0 Å². The minimum Gasteiger partial charge on any atom is -0.394 e. The molecule has 4 N–H and O–H groups in total. The summed E-state index contributed by atoms with van der Waals surface area (Å²) >= 11 is 0. The van der Waals surface area contributed by atoms with E-state index in [4.69, 9.17) is 10.2 Å². The largest absolute Gasteiger partial charge is 0.394 e. The molecule has 0 saturated heterocycles. The summed E-state index contributed by atoms with van der Waals surface area (Å²) in [5.74, 6) is 0. The molecule has 0 aliphatic carbocycles. The van der Waals surface area contributed by atoms with Crippen molar-refractivity contribution >= 4 is 5.69 Å². The summed E-state index contributed by atoms with van der Waals surface area (Å²) in [4.78, 5) is 9.93. The summed E-state index contributed by atoms with van der Waals surface area (Å²) < 4.78 is 0. The van der Waals surface area contributed by atoms with Gasteiger partial charge in [-0.05, 0) is 17.7 Å². The molecule has 2 atom stereocenters. The van der Waals surface area contributed by atoms with E-state index in [0.717, 1.165) is 0 Å². The van der Waals surface area contributed by atoms with Gasteiger partial charge in [-0.3, -0.25) is 10.1 Å². The van der Waals surface area contributed by atoms with Crippen LogP contribution in [0, 0.1) is 10.1 Å². The number of nitro benzene ring substituents is 1. The maximum atomic E-state index is 10.4. The van der Waals surface area contributed by atoms with E-state index in [9.17, 15) is 15.2 Å². The predicted molar refractivity (Wildman–Crippen MR) is 64.0 cm³/mol. The average Bonchev–Trinajstić information content (AvgIpc) is 2.38. The van der Waals surface area contributed by atoms with Crippen LogP contribution in [0.15, 0.2) is 24.3 Å². The zero-order chi connectivity index (χ0) is 13.5. The number of hydrogen-bond donors (Lipinski definition) is 4. The number of nitrogens with one attached hydrogen (secondary N) is 1. The summed E-state index contributed by atoms with van der Waals surface area (Å²) in [7, 11) is 0. The van der Waals surface area contributed by atoms with Crippen molar-refractivity contribution < 1.29 is 20.2 Å². The van der Waals surface area contributed by atoms with E-state index in [1.165, 1.54) is 24.3 Å². The van der Waals surface area contributed by atoms with Crippen molar-refractivity contribution in [2.75, 3.05) is 19.7 Å². The number of nitrogens with zero attached hydrogens (tertiary/aromatic N) is 1. The summed E-state index contributed by atoms with van der Waals surface area (Å²) in [6, 6.07) is 5.60. The van der Waals surface area contributed by atoms with Crippen molar-refractivity contribution in [1.82, 2.24) is 5.32 Å². The Morgan fingerprint density at radius 3 is 2.33 bits per heavy atom. The van der Waals surface area contributed by atoms with Gasteiger partial charge in [0.05, 0.1) is 23.7 Å². The molecule has 0 heterocycles. The molecule has 1 aromatic carbocycles. The maximum absolute atomic E-state index is 10.4. The predicted octanol–water partition coefficient (Wildman–Crippen LogP) is -0.429. The van der Waals surface area contributed by atoms with E-state index < -0.39 is 17.1 Å². The molecule has 7 nitrogen and oxygen atoms in total. The molecule has 1 rings (SSSR count). The molecule has 100 valence electrons. The lowest BCUT2D eigenvalue weighted by Crippen LogP contribution is -2.32. The molecule has 0 saturated carbocycles. The van der Waals surface area contributed by atoms with Crippen molar-refractivity contribution in [1.29, 1.82) is 0 Å². The first-order chi connectivity index (χ1) is 8.54. The zero-order valence-electron chi connectivity index (χ0n) is 9.69. The zero-order valence-corrected chi connectivity index (χ0v) is 9.69. The van der Waals surface area contributed by atoms with Gasteiger partial charge in [0.15, 0.2) is 0 Å². The molecule has 0 aliphatic heterocycles. The molecule has 0 spiro atoms. The Morgan fingerprint density at radius 2 is 1.83 bits per heavy atom. The third-order valence-electron chi connectivity index (χ3n) is 2.42. The Hall–Kier alpha value is -1.54. The molecule has 0 unspecified atom stereocenters. The Balaban J connectivity index is 2.46. The second-order valence-electron chi connectivity index (χ2n) is 3.86. The minimum atomic E-state index is -0.867. The van der Waals surface area contributed by atoms with Crippen LogP contribution in [0.1, 0.15) is 11.7 Å². The quantitative estimate of drug-likeness (QED) is 0.388. The van der Waals surface area contributed by atoms with E-state index in [1.807, 2.05) is 0 Å². The third kappa shape index (κ3) is 4.38. The standard InChI is InChI=1S/C11H16N2O5/c14-7-10(15)5-12-6-11(16)8-1-3-9(4-2-8)13(17)18/h1-4,10-12,14-16H,5-7H2/t10-,11-/m0/s1. The number of aliphatic hydroxyl groups excluding tert-OH is 3. The second kappa shape index (κ2) is 7.02. The third-order valence-corrected chi connectivity index (χ3v) is 2.42. The molecule has 0 bridgehead atoms. The van der Waals surface area contributed by atoms with Crippen LogP contribution in [0.2, 0.25) is 0 Å². The summed E-state index contributed by atoms with van der Waals surface area (Å²) in [6.45, 7) is 0.00996. The lowest BCUT2D eigenvalue weighted by atomic mass is 10.1. The van der Waals surface area contributed by atoms with Crippen LogP contribution < -0.4 is 5.32 Å². The van der Waals surface area contributed by atoms with Gasteiger partial charge in [-0.2, -0.15) is 0 Å². The number of aliphatic hydroxyl groups is 3. The lowest BCUT2D eigenvalue weighted by molar-refractivity contribution is -0.384. The fraction of sp³-hybridized carbons (Fsp3) is 0.455. The molecule has 0 fully saturated rings. The van der Waals surface area contributed by atoms with Gasteiger partial charge in [0, 0.05) is 25.2 Å². The molecule has 0 amide bonds. The van der Waals surface area contributed by atoms with E-state index in [1.54, 1.807) is 0 Å². The van der Waals surface area contributed by atoms with Gasteiger partial charge in [-0.25, -0.2) is 0 Å². The lowest BCUT2D eigenvalue weighted by Gasteiger charge is -2.13. The second-order valence-corrected chi connectivity index (χ2v) is 3.86. The molecule has 18 heavy (non-hydrogen) atoms. The van der Waals surface area contributed by atoms with Crippen LogP contribution in [-0.2, 0) is 0 Å². The number of nitro groups is 1. The molecule has 1 aromatic rings. The molecule has 0 aromatic heterocycles. The first kappa shape index (κ1) is 14.5. The minimum absolute atomic E-state index is 0.0328. The van der Waals surface area contributed by atoms with Crippen molar-refractivity contribution in [3.63, 3.8) is 0 Å². The SMILES string of the molecule is O=[N+]([O-])c1ccc([C@@H](O)CNC[C@H](O)CO)cc1. The topological polar surface area (TPSA) is 116 Å². The highest BCUT2D eigenvalue weighted by atomic mass is 16.6. The average molecular weight is 256 g/mol. The monoisotopic (exact) mass is 256 g/mol. The van der Waals surface area contributed by atoms with E-state index in [-0.39, 0.29) is 25.4 Å². The van der Waals surface area contributed by atoms with Gasteiger partial charge < -0.3 is 20.6 Å². The Morgan fingerprint density at radius 1 is 1.22 bits per heavy atom. The Bertz CT molecular complexity index is 382. The fourth-order valence-electron chi connectivity index (χ4n) is 1.39. The van der Waals surface area contributed by atoms with Gasteiger partial charge in [0.1, 0.15) is 0 Å². The summed E-state index contributed by atoms with van der Waals surface area (Å²) in [6.07, 6.45) is -1.69. The highest BCUT2D eigenvalue weighted by Crippen LogP contribution is 2.17. The summed E-state index contributed by atoms with van der Waals surface area (Å²) in [5, 5.41) is 40.6. The first-order valence-electron chi connectivity index (χ1n) is 5.46.